The van der Waals surface area contributed by atoms with Crippen molar-refractivity contribution in [2.24, 2.45) is 5.73 Å². The molecule has 0 aliphatic rings. The van der Waals surface area contributed by atoms with Crippen LogP contribution in [-0.4, -0.2) is 11.8 Å². The van der Waals surface area contributed by atoms with Gasteiger partial charge in [-0.3, -0.25) is 4.79 Å². The summed E-state index contributed by atoms with van der Waals surface area (Å²) in [5, 5.41) is 0. The van der Waals surface area contributed by atoms with Crippen LogP contribution in [0.2, 0.25) is 0 Å². The Morgan fingerprint density at radius 3 is 2.80 bits per heavy atom. The van der Waals surface area contributed by atoms with Gasteiger partial charge in [0.1, 0.15) is 0 Å². The normalized spacial score (nSPS) is 11.9. The van der Waals surface area contributed by atoms with Gasteiger partial charge in [0, 0.05) is 12.0 Å². The number of rotatable bonds is 3. The minimum absolute atomic E-state index is 0.0749. The maximum absolute atomic E-state index is 11.9. The molecule has 0 saturated carbocycles. The average Bonchev–Trinajstić information content (AvgIpc) is 2.21. The molecule has 0 spiro atoms. The van der Waals surface area contributed by atoms with Gasteiger partial charge in [0.05, 0.1) is 6.04 Å². The molecule has 0 fully saturated rings. The van der Waals surface area contributed by atoms with Crippen LogP contribution in [0.25, 0.3) is 0 Å². The van der Waals surface area contributed by atoms with Crippen LogP contribution in [-0.2, 0) is 0 Å². The molecule has 1 atom stereocenters. The molecule has 0 saturated heterocycles. The van der Waals surface area contributed by atoms with E-state index < -0.39 is 6.04 Å². The zero-order chi connectivity index (χ0) is 11.4. The predicted molar refractivity (Wildman–Crippen MR) is 61.7 cm³/mol. The van der Waals surface area contributed by atoms with E-state index in [-0.39, 0.29) is 12.2 Å². The van der Waals surface area contributed by atoms with Gasteiger partial charge in [-0.25, -0.2) is 0 Å². The third-order valence-electron chi connectivity index (χ3n) is 2.33. The summed E-state index contributed by atoms with van der Waals surface area (Å²) in [6.45, 7) is 3.85. The van der Waals surface area contributed by atoms with Crippen molar-refractivity contribution in [3.63, 3.8) is 0 Å². The topological polar surface area (TPSA) is 43.1 Å². The summed E-state index contributed by atoms with van der Waals surface area (Å²) in [5.74, 6) is 2.33. The first-order valence-corrected chi connectivity index (χ1v) is 4.86. The number of nitrogens with two attached hydrogens (primary N) is 1. The fourth-order valence-corrected chi connectivity index (χ4v) is 1.42. The lowest BCUT2D eigenvalue weighted by atomic mass is 9.97. The number of hydrogen-bond acceptors (Lipinski definition) is 2. The highest BCUT2D eigenvalue weighted by Crippen LogP contribution is 2.13. The van der Waals surface area contributed by atoms with Crippen LogP contribution in [0.4, 0.5) is 0 Å². The first-order valence-electron chi connectivity index (χ1n) is 4.86. The molecule has 1 unspecified atom stereocenters. The Labute approximate surface area is 90.5 Å². The van der Waals surface area contributed by atoms with Crippen molar-refractivity contribution in [1.29, 1.82) is 0 Å². The fraction of sp³-hybridized carbons (Fsp3) is 0.308. The number of Topliss-reactive ketones (excluding diaryl/α,β-unsaturated/α-hetero) is 1. The lowest BCUT2D eigenvalue weighted by molar-refractivity contribution is 0.0962. The lowest BCUT2D eigenvalue weighted by Gasteiger charge is -2.10. The van der Waals surface area contributed by atoms with Crippen molar-refractivity contribution >= 4 is 5.78 Å². The molecule has 2 N–H and O–H groups in total. The lowest BCUT2D eigenvalue weighted by Crippen LogP contribution is -2.30. The molecule has 0 bridgehead atoms. The molecule has 15 heavy (non-hydrogen) atoms. The van der Waals surface area contributed by atoms with Crippen molar-refractivity contribution in [3.05, 3.63) is 34.9 Å². The number of carbonyl (C=O) groups is 1. The van der Waals surface area contributed by atoms with Gasteiger partial charge in [0.15, 0.2) is 5.78 Å². The van der Waals surface area contributed by atoms with Gasteiger partial charge in [-0.05, 0) is 25.5 Å². The fourth-order valence-electron chi connectivity index (χ4n) is 1.42. The smallest absolute Gasteiger partial charge is 0.180 e. The molecular formula is C13H15NO. The summed E-state index contributed by atoms with van der Waals surface area (Å²) in [4.78, 5) is 11.9. The summed E-state index contributed by atoms with van der Waals surface area (Å²) < 4.78 is 0. The van der Waals surface area contributed by atoms with Crippen LogP contribution >= 0.6 is 0 Å². The number of aryl methyl sites for hydroxylation is 2. The number of hydrogen-bond donors (Lipinski definition) is 1. The Morgan fingerprint density at radius 2 is 2.20 bits per heavy atom. The van der Waals surface area contributed by atoms with Crippen LogP contribution in [0.5, 0.6) is 0 Å². The first-order chi connectivity index (χ1) is 7.06. The third kappa shape index (κ3) is 2.68. The van der Waals surface area contributed by atoms with E-state index in [1.807, 2.05) is 32.0 Å². The van der Waals surface area contributed by atoms with E-state index >= 15 is 0 Å². The van der Waals surface area contributed by atoms with Gasteiger partial charge < -0.3 is 5.73 Å². The monoisotopic (exact) mass is 201 g/mol. The van der Waals surface area contributed by atoms with Gasteiger partial charge in [0.2, 0.25) is 0 Å². The summed E-state index contributed by atoms with van der Waals surface area (Å²) in [6, 6.07) is 5.16. The summed E-state index contributed by atoms with van der Waals surface area (Å²) in [5.41, 5.74) is 8.36. The SMILES string of the molecule is C#CCC(N)C(=O)c1cc(C)ccc1C. The molecule has 2 heteroatoms. The van der Waals surface area contributed by atoms with E-state index in [9.17, 15) is 4.79 Å². The van der Waals surface area contributed by atoms with Crippen molar-refractivity contribution in [2.45, 2.75) is 26.3 Å². The molecule has 0 aliphatic carbocycles. The summed E-state index contributed by atoms with van der Waals surface area (Å²) in [6.07, 6.45) is 5.41. The largest absolute Gasteiger partial charge is 0.320 e. The van der Waals surface area contributed by atoms with E-state index in [0.29, 0.717) is 5.56 Å². The molecule has 0 amide bonds. The van der Waals surface area contributed by atoms with Crippen LogP contribution < -0.4 is 5.73 Å². The van der Waals surface area contributed by atoms with Crippen LogP contribution in [0.1, 0.15) is 27.9 Å². The Kier molecular flexibility index (Phi) is 3.65. The van der Waals surface area contributed by atoms with Crippen molar-refractivity contribution in [2.75, 3.05) is 0 Å². The van der Waals surface area contributed by atoms with Crippen molar-refractivity contribution in [3.8, 4) is 12.3 Å². The Bertz CT molecular complexity index is 415. The van der Waals surface area contributed by atoms with Crippen molar-refractivity contribution < 1.29 is 4.79 Å². The summed E-state index contributed by atoms with van der Waals surface area (Å²) in [7, 11) is 0. The molecule has 0 aliphatic heterocycles. The third-order valence-corrected chi connectivity index (χ3v) is 2.33. The number of ketones is 1. The minimum Gasteiger partial charge on any atom is -0.320 e. The highest BCUT2D eigenvalue weighted by atomic mass is 16.1. The van der Waals surface area contributed by atoms with E-state index in [1.165, 1.54) is 0 Å². The molecule has 0 radical (unpaired) electrons. The highest BCUT2D eigenvalue weighted by Gasteiger charge is 2.16. The standard InChI is InChI=1S/C13H15NO/c1-4-5-12(14)13(15)11-8-9(2)6-7-10(11)3/h1,6-8,12H,5,14H2,2-3H3. The molecule has 0 heterocycles. The zero-order valence-electron chi connectivity index (χ0n) is 9.08. The Balaban J connectivity index is 3.01. The van der Waals surface area contributed by atoms with Gasteiger partial charge in [0.25, 0.3) is 0 Å². The van der Waals surface area contributed by atoms with Gasteiger partial charge >= 0.3 is 0 Å². The number of carbonyl (C=O) groups excluding carboxylic acids is 1. The Morgan fingerprint density at radius 1 is 1.53 bits per heavy atom. The van der Waals surface area contributed by atoms with Crippen LogP contribution in [0, 0.1) is 26.2 Å². The molecular weight excluding hydrogens is 186 g/mol. The Hall–Kier alpha value is -1.59. The zero-order valence-corrected chi connectivity index (χ0v) is 9.08. The first kappa shape index (κ1) is 11.5. The van der Waals surface area contributed by atoms with E-state index in [4.69, 9.17) is 12.2 Å². The molecule has 0 aromatic heterocycles. The molecule has 1 aromatic carbocycles. The molecule has 78 valence electrons. The van der Waals surface area contributed by atoms with E-state index in [0.717, 1.165) is 11.1 Å². The maximum Gasteiger partial charge on any atom is 0.180 e. The van der Waals surface area contributed by atoms with E-state index in [1.54, 1.807) is 0 Å². The molecule has 1 rings (SSSR count). The van der Waals surface area contributed by atoms with E-state index in [2.05, 4.69) is 5.92 Å². The van der Waals surface area contributed by atoms with Crippen LogP contribution in [0.3, 0.4) is 0 Å². The second kappa shape index (κ2) is 4.77. The number of terminal acetylenes is 1. The number of benzene rings is 1. The second-order valence-corrected chi connectivity index (χ2v) is 3.70. The second-order valence-electron chi connectivity index (χ2n) is 3.70. The quantitative estimate of drug-likeness (QED) is 0.599. The average molecular weight is 201 g/mol. The van der Waals surface area contributed by atoms with Crippen molar-refractivity contribution in [1.82, 2.24) is 0 Å². The molecule has 1 aromatic rings. The van der Waals surface area contributed by atoms with Gasteiger partial charge in [-0.2, -0.15) is 0 Å². The minimum atomic E-state index is -0.588. The summed E-state index contributed by atoms with van der Waals surface area (Å²) >= 11 is 0. The highest BCUT2D eigenvalue weighted by molar-refractivity contribution is 6.01. The van der Waals surface area contributed by atoms with Crippen LogP contribution in [0.15, 0.2) is 18.2 Å². The van der Waals surface area contributed by atoms with Gasteiger partial charge in [-0.15, -0.1) is 12.3 Å². The molecule has 2 nitrogen and oxygen atoms in total. The maximum atomic E-state index is 11.9. The van der Waals surface area contributed by atoms with Gasteiger partial charge in [-0.1, -0.05) is 17.7 Å². The predicted octanol–water partition coefficient (Wildman–Crippen LogP) is 1.84.